The fraction of sp³-hybridized carbons (Fsp3) is 0.917. The first-order valence-electron chi connectivity index (χ1n) is 6.06. The number of likely N-dealkylation sites (tertiary alicyclic amines) is 1. The molecular weight excluding hydrogens is 204 g/mol. The van der Waals surface area contributed by atoms with Gasteiger partial charge in [-0.3, -0.25) is 0 Å². The van der Waals surface area contributed by atoms with Crippen LogP contribution < -0.4 is 5.73 Å². The standard InChI is InChI=1S/C12H22N2O2/c1-11(2,3)16-10(15)14-6-4-12(5-7-14)8-9(12)13/h9H,4-8,13H2,1-3H3. The van der Waals surface area contributed by atoms with Crippen molar-refractivity contribution in [2.45, 2.75) is 51.7 Å². The minimum absolute atomic E-state index is 0.184. The van der Waals surface area contributed by atoms with E-state index >= 15 is 0 Å². The maximum atomic E-state index is 11.8. The number of carbonyl (C=O) groups excluding carboxylic acids is 1. The number of piperidine rings is 1. The molecule has 0 bridgehead atoms. The molecule has 1 heterocycles. The van der Waals surface area contributed by atoms with Crippen LogP contribution in [0, 0.1) is 5.41 Å². The number of rotatable bonds is 0. The second kappa shape index (κ2) is 3.62. The first-order valence-corrected chi connectivity index (χ1v) is 6.06. The van der Waals surface area contributed by atoms with Gasteiger partial charge in [0.25, 0.3) is 0 Å². The summed E-state index contributed by atoms with van der Waals surface area (Å²) in [6.45, 7) is 7.28. The summed E-state index contributed by atoms with van der Waals surface area (Å²) in [6.07, 6.45) is 3.02. The molecular formula is C12H22N2O2. The lowest BCUT2D eigenvalue weighted by Crippen LogP contribution is -2.43. The lowest BCUT2D eigenvalue weighted by atomic mass is 9.93. The minimum Gasteiger partial charge on any atom is -0.444 e. The van der Waals surface area contributed by atoms with Gasteiger partial charge in [-0.25, -0.2) is 4.79 Å². The smallest absolute Gasteiger partial charge is 0.410 e. The minimum atomic E-state index is -0.401. The second-order valence-electron chi connectivity index (χ2n) is 6.14. The third kappa shape index (κ3) is 2.32. The molecule has 0 aromatic rings. The zero-order valence-electron chi connectivity index (χ0n) is 10.5. The Labute approximate surface area is 97.1 Å². The molecule has 2 rings (SSSR count). The molecule has 4 heteroatoms. The average molecular weight is 226 g/mol. The molecule has 1 amide bonds. The van der Waals surface area contributed by atoms with Gasteiger partial charge in [-0.1, -0.05) is 0 Å². The van der Waals surface area contributed by atoms with Gasteiger partial charge in [-0.15, -0.1) is 0 Å². The van der Waals surface area contributed by atoms with Gasteiger partial charge >= 0.3 is 6.09 Å². The highest BCUT2D eigenvalue weighted by Crippen LogP contribution is 2.52. The average Bonchev–Trinajstić information content (AvgIpc) is 2.74. The topological polar surface area (TPSA) is 55.6 Å². The molecule has 1 saturated carbocycles. The summed E-state index contributed by atoms with van der Waals surface area (Å²) in [5.74, 6) is 0. The van der Waals surface area contributed by atoms with Crippen LogP contribution in [0.3, 0.4) is 0 Å². The van der Waals surface area contributed by atoms with E-state index in [1.807, 2.05) is 25.7 Å². The Morgan fingerprint density at radius 1 is 1.38 bits per heavy atom. The predicted octanol–water partition coefficient (Wildman–Crippen LogP) is 1.73. The summed E-state index contributed by atoms with van der Waals surface area (Å²) in [4.78, 5) is 13.6. The van der Waals surface area contributed by atoms with Gasteiger partial charge in [0.15, 0.2) is 0 Å². The van der Waals surface area contributed by atoms with Crippen LogP contribution in [-0.2, 0) is 4.74 Å². The van der Waals surface area contributed by atoms with Crippen molar-refractivity contribution < 1.29 is 9.53 Å². The molecule has 92 valence electrons. The van der Waals surface area contributed by atoms with Gasteiger partial charge in [0, 0.05) is 19.1 Å². The molecule has 1 unspecified atom stereocenters. The summed E-state index contributed by atoms with van der Waals surface area (Å²) in [6, 6.07) is 0.369. The Kier molecular flexibility index (Phi) is 2.65. The van der Waals surface area contributed by atoms with Gasteiger partial charge in [-0.2, -0.15) is 0 Å². The Hall–Kier alpha value is -0.770. The molecule has 1 spiro atoms. The number of ether oxygens (including phenoxy) is 1. The summed E-state index contributed by atoms with van der Waals surface area (Å²) in [5, 5.41) is 0. The van der Waals surface area contributed by atoms with Crippen LogP contribution in [0.5, 0.6) is 0 Å². The van der Waals surface area contributed by atoms with Crippen molar-refractivity contribution in [2.75, 3.05) is 13.1 Å². The molecule has 1 atom stereocenters. The van der Waals surface area contributed by atoms with Crippen molar-refractivity contribution in [3.8, 4) is 0 Å². The Morgan fingerprint density at radius 2 is 1.88 bits per heavy atom. The lowest BCUT2D eigenvalue weighted by molar-refractivity contribution is 0.0170. The monoisotopic (exact) mass is 226 g/mol. The van der Waals surface area contributed by atoms with Crippen LogP contribution in [0.4, 0.5) is 4.79 Å². The largest absolute Gasteiger partial charge is 0.444 e. The van der Waals surface area contributed by atoms with Gasteiger partial charge in [0.1, 0.15) is 5.60 Å². The summed E-state index contributed by atoms with van der Waals surface area (Å²) < 4.78 is 5.35. The number of amides is 1. The maximum Gasteiger partial charge on any atom is 0.410 e. The SMILES string of the molecule is CC(C)(C)OC(=O)N1CCC2(CC1)CC2N. The maximum absolute atomic E-state index is 11.8. The van der Waals surface area contributed by atoms with E-state index in [2.05, 4.69) is 0 Å². The van der Waals surface area contributed by atoms with Gasteiger partial charge < -0.3 is 15.4 Å². The van der Waals surface area contributed by atoms with Crippen LogP contribution in [0.15, 0.2) is 0 Å². The molecule has 1 aliphatic carbocycles. The first-order chi connectivity index (χ1) is 7.32. The van der Waals surface area contributed by atoms with Crippen LogP contribution in [0.1, 0.15) is 40.0 Å². The van der Waals surface area contributed by atoms with Crippen LogP contribution in [0.2, 0.25) is 0 Å². The Morgan fingerprint density at radius 3 is 2.25 bits per heavy atom. The van der Waals surface area contributed by atoms with Crippen LogP contribution >= 0.6 is 0 Å². The zero-order chi connectivity index (χ0) is 12.0. The van der Waals surface area contributed by atoms with Gasteiger partial charge in [0.2, 0.25) is 0 Å². The van der Waals surface area contributed by atoms with Crippen LogP contribution in [0.25, 0.3) is 0 Å². The fourth-order valence-corrected chi connectivity index (χ4v) is 2.42. The number of carbonyl (C=O) groups is 1. The molecule has 0 aromatic heterocycles. The van der Waals surface area contributed by atoms with Crippen molar-refractivity contribution in [1.82, 2.24) is 4.90 Å². The molecule has 0 radical (unpaired) electrons. The van der Waals surface area contributed by atoms with Crippen molar-refractivity contribution in [1.29, 1.82) is 0 Å². The van der Waals surface area contributed by atoms with Crippen molar-refractivity contribution in [3.05, 3.63) is 0 Å². The molecule has 2 N–H and O–H groups in total. The molecule has 2 aliphatic rings. The quantitative estimate of drug-likeness (QED) is 0.684. The highest BCUT2D eigenvalue weighted by molar-refractivity contribution is 5.68. The molecule has 0 aromatic carbocycles. The number of hydrogen-bond donors (Lipinski definition) is 1. The van der Waals surface area contributed by atoms with E-state index in [0.29, 0.717) is 11.5 Å². The van der Waals surface area contributed by atoms with E-state index in [-0.39, 0.29) is 6.09 Å². The Bertz CT molecular complexity index is 288. The number of nitrogens with zero attached hydrogens (tertiary/aromatic N) is 1. The summed E-state index contributed by atoms with van der Waals surface area (Å²) >= 11 is 0. The number of nitrogens with two attached hydrogens (primary N) is 1. The summed E-state index contributed by atoms with van der Waals surface area (Å²) in [7, 11) is 0. The normalized spacial score (nSPS) is 28.0. The van der Waals surface area contributed by atoms with Crippen molar-refractivity contribution in [2.24, 2.45) is 11.1 Å². The highest BCUT2D eigenvalue weighted by atomic mass is 16.6. The van der Waals surface area contributed by atoms with Crippen molar-refractivity contribution in [3.63, 3.8) is 0 Å². The third-order valence-corrected chi connectivity index (χ3v) is 3.66. The number of hydrogen-bond acceptors (Lipinski definition) is 3. The Balaban J connectivity index is 1.83. The predicted molar refractivity (Wildman–Crippen MR) is 62.1 cm³/mol. The van der Waals surface area contributed by atoms with Gasteiger partial charge in [-0.05, 0) is 45.4 Å². The molecule has 16 heavy (non-hydrogen) atoms. The zero-order valence-corrected chi connectivity index (χ0v) is 10.5. The first kappa shape index (κ1) is 11.7. The van der Waals surface area contributed by atoms with E-state index in [9.17, 15) is 4.79 Å². The third-order valence-electron chi connectivity index (χ3n) is 3.66. The molecule has 1 aliphatic heterocycles. The van der Waals surface area contributed by atoms with Gasteiger partial charge in [0.05, 0.1) is 0 Å². The van der Waals surface area contributed by atoms with E-state index in [1.54, 1.807) is 0 Å². The summed E-state index contributed by atoms with van der Waals surface area (Å²) in [5.41, 5.74) is 5.88. The van der Waals surface area contributed by atoms with Crippen LogP contribution in [-0.4, -0.2) is 35.7 Å². The lowest BCUT2D eigenvalue weighted by Gasteiger charge is -2.33. The van der Waals surface area contributed by atoms with Crippen molar-refractivity contribution >= 4 is 6.09 Å². The second-order valence-corrected chi connectivity index (χ2v) is 6.14. The van der Waals surface area contributed by atoms with E-state index in [1.165, 1.54) is 0 Å². The molecule has 1 saturated heterocycles. The molecule has 4 nitrogen and oxygen atoms in total. The highest BCUT2D eigenvalue weighted by Gasteiger charge is 2.53. The van der Waals surface area contributed by atoms with E-state index < -0.39 is 5.60 Å². The molecule has 2 fully saturated rings. The van der Waals surface area contributed by atoms with E-state index in [4.69, 9.17) is 10.5 Å². The van der Waals surface area contributed by atoms with E-state index in [0.717, 1.165) is 32.4 Å². The fourth-order valence-electron chi connectivity index (χ4n) is 2.42.